The van der Waals surface area contributed by atoms with Gasteiger partial charge in [0.2, 0.25) is 0 Å². The fourth-order valence-corrected chi connectivity index (χ4v) is 4.70. The zero-order valence-electron chi connectivity index (χ0n) is 18.7. The van der Waals surface area contributed by atoms with Gasteiger partial charge in [-0.25, -0.2) is 9.97 Å². The Bertz CT molecular complexity index is 1670. The van der Waals surface area contributed by atoms with Crippen molar-refractivity contribution in [3.8, 4) is 11.3 Å². The number of aryl methyl sites for hydroxylation is 2. The second kappa shape index (κ2) is 6.89. The van der Waals surface area contributed by atoms with E-state index in [4.69, 9.17) is 14.4 Å². The van der Waals surface area contributed by atoms with Gasteiger partial charge in [0, 0.05) is 27.1 Å². The van der Waals surface area contributed by atoms with Crippen LogP contribution in [0.15, 0.2) is 71.1 Å². The number of fused-ring (bicyclic) bond motifs is 6. The van der Waals surface area contributed by atoms with Gasteiger partial charge in [0.25, 0.3) is 0 Å². The van der Waals surface area contributed by atoms with Gasteiger partial charge < -0.3 is 4.42 Å². The minimum Gasteiger partial charge on any atom is -0.455 e. The minimum absolute atomic E-state index is 0.456. The average Bonchev–Trinajstić information content (AvgIpc) is 3.16. The molecule has 0 atom stereocenters. The predicted molar refractivity (Wildman–Crippen MR) is 133 cm³/mol. The summed E-state index contributed by atoms with van der Waals surface area (Å²) in [6.45, 7) is 8.49. The summed E-state index contributed by atoms with van der Waals surface area (Å²) >= 11 is 0. The van der Waals surface area contributed by atoms with Crippen LogP contribution in [0, 0.1) is 13.8 Å². The van der Waals surface area contributed by atoms with Crippen LogP contribution in [-0.4, -0.2) is 9.97 Å². The van der Waals surface area contributed by atoms with Crippen molar-refractivity contribution in [3.05, 3.63) is 83.7 Å². The molecule has 0 radical (unpaired) electrons. The molecule has 0 aliphatic heterocycles. The molecule has 156 valence electrons. The normalized spacial score (nSPS) is 12.0. The number of aromatic nitrogens is 2. The summed E-state index contributed by atoms with van der Waals surface area (Å²) in [6.07, 6.45) is 0. The van der Waals surface area contributed by atoms with Gasteiger partial charge in [-0.3, -0.25) is 0 Å². The fourth-order valence-electron chi connectivity index (χ4n) is 4.70. The van der Waals surface area contributed by atoms with Crippen LogP contribution in [0.4, 0.5) is 0 Å². The minimum atomic E-state index is 0.456. The van der Waals surface area contributed by atoms with E-state index in [9.17, 15) is 0 Å². The van der Waals surface area contributed by atoms with Gasteiger partial charge in [-0.15, -0.1) is 0 Å². The van der Waals surface area contributed by atoms with E-state index >= 15 is 0 Å². The Kier molecular flexibility index (Phi) is 4.09. The smallest absolute Gasteiger partial charge is 0.144 e. The molecule has 2 heterocycles. The molecule has 0 spiro atoms. The fraction of sp³-hybridized carbons (Fsp3) is 0.172. The van der Waals surface area contributed by atoms with Crippen molar-refractivity contribution in [2.75, 3.05) is 0 Å². The Morgan fingerprint density at radius 1 is 0.750 bits per heavy atom. The molecule has 0 fully saturated rings. The molecule has 3 heteroatoms. The molecular formula is C29H24N2O. The predicted octanol–water partition coefficient (Wildman–Crippen LogP) is 8.09. The van der Waals surface area contributed by atoms with Crippen molar-refractivity contribution in [1.82, 2.24) is 9.97 Å². The molecule has 0 N–H and O–H groups in total. The van der Waals surface area contributed by atoms with E-state index in [0.717, 1.165) is 55.3 Å². The lowest BCUT2D eigenvalue weighted by molar-refractivity contribution is 0.668. The molecule has 32 heavy (non-hydrogen) atoms. The Labute approximate surface area is 186 Å². The Balaban J connectivity index is 1.70. The highest BCUT2D eigenvalue weighted by Gasteiger charge is 2.17. The first-order chi connectivity index (χ1) is 15.5. The summed E-state index contributed by atoms with van der Waals surface area (Å²) < 4.78 is 6.46. The van der Waals surface area contributed by atoms with Gasteiger partial charge in [-0.1, -0.05) is 61.9 Å². The summed E-state index contributed by atoms with van der Waals surface area (Å²) in [5.41, 5.74) is 7.23. The van der Waals surface area contributed by atoms with Crippen molar-refractivity contribution in [2.24, 2.45) is 0 Å². The van der Waals surface area contributed by atoms with Crippen LogP contribution in [0.25, 0.3) is 54.9 Å². The molecule has 0 aliphatic rings. The standard InChI is InChI=1S/C29H24N2O/c1-16(2)20-11-12-21-22-6-5-7-24(29(22)32-26(21)15-20)27-23-13-10-19-9-8-17(3)14-25(19)28(23)31-18(4)30-27/h5-16H,1-4H3. The molecule has 0 bridgehead atoms. The van der Waals surface area contributed by atoms with Crippen molar-refractivity contribution in [2.45, 2.75) is 33.6 Å². The van der Waals surface area contributed by atoms with Crippen molar-refractivity contribution >= 4 is 43.6 Å². The van der Waals surface area contributed by atoms with Crippen molar-refractivity contribution in [3.63, 3.8) is 0 Å². The monoisotopic (exact) mass is 416 g/mol. The summed E-state index contributed by atoms with van der Waals surface area (Å²) in [4.78, 5) is 9.74. The maximum Gasteiger partial charge on any atom is 0.144 e. The van der Waals surface area contributed by atoms with E-state index in [0.29, 0.717) is 5.92 Å². The molecule has 0 saturated heterocycles. The average molecular weight is 417 g/mol. The van der Waals surface area contributed by atoms with E-state index in [1.54, 1.807) is 0 Å². The summed E-state index contributed by atoms with van der Waals surface area (Å²) in [5, 5.41) is 5.66. The summed E-state index contributed by atoms with van der Waals surface area (Å²) in [6, 6.07) is 23.7. The van der Waals surface area contributed by atoms with Crippen LogP contribution >= 0.6 is 0 Å². The maximum atomic E-state index is 6.46. The first-order valence-corrected chi connectivity index (χ1v) is 11.1. The first kappa shape index (κ1) is 19.0. The molecule has 0 unspecified atom stereocenters. The highest BCUT2D eigenvalue weighted by molar-refractivity contribution is 6.14. The molecule has 0 aliphatic carbocycles. The first-order valence-electron chi connectivity index (χ1n) is 11.1. The summed E-state index contributed by atoms with van der Waals surface area (Å²) in [7, 11) is 0. The molecule has 0 amide bonds. The van der Waals surface area contributed by atoms with E-state index in [2.05, 4.69) is 87.5 Å². The Morgan fingerprint density at radius 3 is 2.41 bits per heavy atom. The highest BCUT2D eigenvalue weighted by atomic mass is 16.3. The quantitative estimate of drug-likeness (QED) is 0.268. The molecular weight excluding hydrogens is 392 g/mol. The number of nitrogens with zero attached hydrogens (tertiary/aromatic N) is 2. The van der Waals surface area contributed by atoms with Gasteiger partial charge in [0.15, 0.2) is 0 Å². The van der Waals surface area contributed by atoms with Gasteiger partial charge >= 0.3 is 0 Å². The zero-order valence-corrected chi connectivity index (χ0v) is 18.7. The SMILES string of the molecule is Cc1ccc2ccc3c(-c4cccc5c4oc4cc(C(C)C)ccc45)nc(C)nc3c2c1. The molecule has 4 aromatic carbocycles. The van der Waals surface area contributed by atoms with Gasteiger partial charge in [-0.2, -0.15) is 0 Å². The Morgan fingerprint density at radius 2 is 1.56 bits per heavy atom. The second-order valence-corrected chi connectivity index (χ2v) is 9.00. The van der Waals surface area contributed by atoms with E-state index in [-0.39, 0.29) is 0 Å². The van der Waals surface area contributed by atoms with Crippen LogP contribution in [0.5, 0.6) is 0 Å². The molecule has 6 rings (SSSR count). The van der Waals surface area contributed by atoms with Crippen LogP contribution in [-0.2, 0) is 0 Å². The molecule has 2 aromatic heterocycles. The molecule has 6 aromatic rings. The third kappa shape index (κ3) is 2.81. The summed E-state index contributed by atoms with van der Waals surface area (Å²) in [5.74, 6) is 1.22. The molecule has 3 nitrogen and oxygen atoms in total. The van der Waals surface area contributed by atoms with Crippen LogP contribution in [0.3, 0.4) is 0 Å². The lowest BCUT2D eigenvalue weighted by Gasteiger charge is -2.10. The van der Waals surface area contributed by atoms with Crippen LogP contribution < -0.4 is 0 Å². The lowest BCUT2D eigenvalue weighted by atomic mass is 9.98. The van der Waals surface area contributed by atoms with E-state index in [1.807, 2.05) is 6.92 Å². The topological polar surface area (TPSA) is 38.9 Å². The van der Waals surface area contributed by atoms with Crippen molar-refractivity contribution in [1.29, 1.82) is 0 Å². The van der Waals surface area contributed by atoms with Gasteiger partial charge in [-0.05, 0) is 55.0 Å². The van der Waals surface area contributed by atoms with Crippen molar-refractivity contribution < 1.29 is 4.42 Å². The highest BCUT2D eigenvalue weighted by Crippen LogP contribution is 2.39. The van der Waals surface area contributed by atoms with E-state index in [1.165, 1.54) is 16.5 Å². The number of hydrogen-bond acceptors (Lipinski definition) is 3. The number of para-hydroxylation sites is 1. The number of rotatable bonds is 2. The van der Waals surface area contributed by atoms with Gasteiger partial charge in [0.05, 0.1) is 11.2 Å². The number of furan rings is 1. The zero-order chi connectivity index (χ0) is 22.0. The van der Waals surface area contributed by atoms with Crippen LogP contribution in [0.1, 0.15) is 36.7 Å². The van der Waals surface area contributed by atoms with Gasteiger partial charge in [0.1, 0.15) is 17.0 Å². The second-order valence-electron chi connectivity index (χ2n) is 9.00. The number of hydrogen-bond donors (Lipinski definition) is 0. The number of benzene rings is 4. The van der Waals surface area contributed by atoms with E-state index < -0.39 is 0 Å². The van der Waals surface area contributed by atoms with Crippen LogP contribution in [0.2, 0.25) is 0 Å². The molecule has 0 saturated carbocycles. The third-order valence-corrected chi connectivity index (χ3v) is 6.40. The third-order valence-electron chi connectivity index (χ3n) is 6.40. The maximum absolute atomic E-state index is 6.46. The Hall–Kier alpha value is -3.72. The largest absolute Gasteiger partial charge is 0.455 e. The lowest BCUT2D eigenvalue weighted by Crippen LogP contribution is -1.95.